The zero-order valence-electron chi connectivity index (χ0n) is 38.7. The van der Waals surface area contributed by atoms with Crippen LogP contribution >= 0.6 is 0 Å². The van der Waals surface area contributed by atoms with Gasteiger partial charge >= 0.3 is 17.9 Å². The number of ether oxygens (including phenoxy) is 2. The molecule has 0 saturated heterocycles. The molecule has 1 fully saturated rings. The van der Waals surface area contributed by atoms with Gasteiger partial charge in [0.2, 0.25) is 0 Å². The zero-order valence-corrected chi connectivity index (χ0v) is 38.7. The van der Waals surface area contributed by atoms with Crippen LogP contribution in [-0.4, -0.2) is 61.3 Å². The molecule has 0 aromatic heterocycles. The summed E-state index contributed by atoms with van der Waals surface area (Å²) >= 11 is 0. The molecule has 0 aromatic rings. The monoisotopic (exact) mass is 782 g/mol. The molecule has 1 N–H and O–H groups in total. The Morgan fingerprint density at radius 2 is 1.13 bits per heavy atom. The molecule has 1 aliphatic carbocycles. The molecule has 0 aliphatic heterocycles. The van der Waals surface area contributed by atoms with Crippen molar-refractivity contribution in [2.75, 3.05) is 27.2 Å². The molecule has 7 heteroatoms. The van der Waals surface area contributed by atoms with Crippen LogP contribution in [0.2, 0.25) is 0 Å². The van der Waals surface area contributed by atoms with E-state index in [1.54, 1.807) is 0 Å². The van der Waals surface area contributed by atoms with Gasteiger partial charge in [0.1, 0.15) is 6.10 Å². The molecular formula is C48H95NO6. The minimum atomic E-state index is -0.726. The predicted molar refractivity (Wildman–Crippen MR) is 235 cm³/mol. The summed E-state index contributed by atoms with van der Waals surface area (Å²) in [5.74, 6) is 0.722. The van der Waals surface area contributed by atoms with Crippen molar-refractivity contribution < 1.29 is 29.0 Å². The highest BCUT2D eigenvalue weighted by Gasteiger charge is 2.45. The Balaban J connectivity index is 0. The minimum Gasteiger partial charge on any atom is -0.481 e. The molecule has 2 atom stereocenters. The number of esters is 2. The van der Waals surface area contributed by atoms with E-state index in [2.05, 4.69) is 53.4 Å². The highest BCUT2D eigenvalue weighted by atomic mass is 16.5. The number of hydrogen-bond donors (Lipinski definition) is 1. The molecule has 328 valence electrons. The molecule has 1 saturated carbocycles. The van der Waals surface area contributed by atoms with Crippen LogP contribution in [0.5, 0.6) is 0 Å². The number of hydrogen-bond acceptors (Lipinski definition) is 6. The van der Waals surface area contributed by atoms with Crippen LogP contribution in [0.1, 0.15) is 236 Å². The van der Waals surface area contributed by atoms with Crippen molar-refractivity contribution in [2.45, 2.75) is 242 Å². The van der Waals surface area contributed by atoms with Crippen LogP contribution in [-0.2, 0) is 23.9 Å². The third kappa shape index (κ3) is 31.1. The van der Waals surface area contributed by atoms with E-state index in [9.17, 15) is 14.4 Å². The molecule has 0 radical (unpaired) electrons. The van der Waals surface area contributed by atoms with Gasteiger partial charge < -0.3 is 19.5 Å². The molecule has 7 nitrogen and oxygen atoms in total. The summed E-state index contributed by atoms with van der Waals surface area (Å²) in [7, 11) is 4.02. The maximum atomic E-state index is 12.4. The Morgan fingerprint density at radius 3 is 1.56 bits per heavy atom. The lowest BCUT2D eigenvalue weighted by atomic mass is 9.67. The molecule has 0 amide bonds. The quantitative estimate of drug-likeness (QED) is 0.0536. The lowest BCUT2D eigenvalue weighted by Gasteiger charge is -2.37. The van der Waals surface area contributed by atoms with Crippen LogP contribution in [0.25, 0.3) is 0 Å². The van der Waals surface area contributed by atoms with Crippen LogP contribution in [0.15, 0.2) is 0 Å². The number of unbranched alkanes of at least 4 members (excludes halogenated alkanes) is 12. The topological polar surface area (TPSA) is 93.1 Å². The van der Waals surface area contributed by atoms with Crippen molar-refractivity contribution in [1.82, 2.24) is 4.90 Å². The maximum Gasteiger partial charge on any atom is 0.306 e. The van der Waals surface area contributed by atoms with Crippen LogP contribution < -0.4 is 0 Å². The summed E-state index contributed by atoms with van der Waals surface area (Å²) < 4.78 is 11.4. The number of nitrogens with zero attached hydrogens (tertiary/aromatic N) is 1. The van der Waals surface area contributed by atoms with Gasteiger partial charge in [-0.3, -0.25) is 14.4 Å². The van der Waals surface area contributed by atoms with E-state index < -0.39 is 5.97 Å². The van der Waals surface area contributed by atoms with E-state index in [4.69, 9.17) is 14.6 Å². The van der Waals surface area contributed by atoms with Gasteiger partial charge in [-0.2, -0.15) is 0 Å². The van der Waals surface area contributed by atoms with Gasteiger partial charge in [-0.25, -0.2) is 0 Å². The second-order valence-corrected chi connectivity index (χ2v) is 17.9. The van der Waals surface area contributed by atoms with Crippen molar-refractivity contribution >= 4 is 17.9 Å². The normalized spacial score (nSPS) is 16.2. The Hall–Kier alpha value is -1.63. The Bertz CT molecular complexity index is 906. The van der Waals surface area contributed by atoms with E-state index in [0.29, 0.717) is 36.2 Å². The first-order valence-electron chi connectivity index (χ1n) is 23.4. The highest BCUT2D eigenvalue weighted by Crippen LogP contribution is 2.55. The maximum absolute atomic E-state index is 12.4. The Labute approximate surface area is 342 Å². The second-order valence-electron chi connectivity index (χ2n) is 17.9. The summed E-state index contributed by atoms with van der Waals surface area (Å²) in [5.41, 5.74) is 1.11. The van der Waals surface area contributed by atoms with Gasteiger partial charge in [-0.1, -0.05) is 152 Å². The first-order valence-corrected chi connectivity index (χ1v) is 23.4. The standard InChI is InChI=1S/C36H69NO6.C10H20.C2H6/c1-5-7-15-22-32(23-16-8-6-2)29-31-42-35(40)27-20-14-10-12-18-25-33(43-36(41)28-21-30-37(3)4)24-17-11-9-13-19-26-34(38)39;1-8-6-7-9(2,3)10(8,4)5;1-2/h32-33H,5-31H2,1-4H3,(H,38,39);8H,6-7H2,1-5H3;1-2H3. The van der Waals surface area contributed by atoms with Gasteiger partial charge in [-0.05, 0) is 108 Å². The number of rotatable bonds is 32. The molecule has 0 heterocycles. The van der Waals surface area contributed by atoms with E-state index >= 15 is 0 Å². The van der Waals surface area contributed by atoms with Crippen molar-refractivity contribution in [1.29, 1.82) is 0 Å². The van der Waals surface area contributed by atoms with Gasteiger partial charge in [0.15, 0.2) is 0 Å². The summed E-state index contributed by atoms with van der Waals surface area (Å²) in [5, 5.41) is 8.77. The Morgan fingerprint density at radius 1 is 0.655 bits per heavy atom. The van der Waals surface area contributed by atoms with Gasteiger partial charge in [0.25, 0.3) is 0 Å². The average molecular weight is 782 g/mol. The summed E-state index contributed by atoms with van der Waals surface area (Å²) in [6, 6.07) is 0. The smallest absolute Gasteiger partial charge is 0.306 e. The highest BCUT2D eigenvalue weighted by molar-refractivity contribution is 5.69. The van der Waals surface area contributed by atoms with Crippen molar-refractivity contribution in [2.24, 2.45) is 22.7 Å². The largest absolute Gasteiger partial charge is 0.481 e. The summed E-state index contributed by atoms with van der Waals surface area (Å²) in [6.07, 6.45) is 27.6. The summed E-state index contributed by atoms with van der Waals surface area (Å²) in [6.45, 7) is 21.9. The number of carbonyl (C=O) groups is 3. The van der Waals surface area contributed by atoms with Crippen LogP contribution in [0.3, 0.4) is 0 Å². The van der Waals surface area contributed by atoms with E-state index in [1.165, 1.54) is 64.2 Å². The molecule has 1 rings (SSSR count). The number of aliphatic carboxylic acids is 1. The average Bonchev–Trinajstić information content (AvgIpc) is 3.32. The molecule has 2 unspecified atom stereocenters. The molecule has 55 heavy (non-hydrogen) atoms. The van der Waals surface area contributed by atoms with E-state index in [-0.39, 0.29) is 24.5 Å². The first kappa shape index (κ1) is 55.5. The third-order valence-electron chi connectivity index (χ3n) is 12.5. The van der Waals surface area contributed by atoms with E-state index in [1.807, 2.05) is 27.9 Å². The minimum absolute atomic E-state index is 0.0337. The second kappa shape index (κ2) is 35.5. The zero-order chi connectivity index (χ0) is 42.0. The molecule has 1 aliphatic rings. The fourth-order valence-corrected chi connectivity index (χ4v) is 7.53. The third-order valence-corrected chi connectivity index (χ3v) is 12.5. The van der Waals surface area contributed by atoms with Gasteiger partial charge in [-0.15, -0.1) is 0 Å². The van der Waals surface area contributed by atoms with Crippen molar-refractivity contribution in [3.8, 4) is 0 Å². The number of carbonyl (C=O) groups excluding carboxylic acids is 2. The fraction of sp³-hybridized carbons (Fsp3) is 0.938. The molecular weight excluding hydrogens is 687 g/mol. The molecule has 0 spiro atoms. The lowest BCUT2D eigenvalue weighted by molar-refractivity contribution is -0.150. The number of carboxylic acids is 1. The predicted octanol–water partition coefficient (Wildman–Crippen LogP) is 14.0. The lowest BCUT2D eigenvalue weighted by Crippen LogP contribution is -2.30. The van der Waals surface area contributed by atoms with Crippen LogP contribution in [0, 0.1) is 22.7 Å². The van der Waals surface area contributed by atoms with E-state index in [0.717, 1.165) is 102 Å². The number of carboxylic acid groups (broad SMARTS) is 1. The first-order chi connectivity index (χ1) is 26.2. The fourth-order valence-electron chi connectivity index (χ4n) is 7.53. The van der Waals surface area contributed by atoms with Crippen molar-refractivity contribution in [3.05, 3.63) is 0 Å². The SMILES string of the molecule is CC.CC1CCC(C)(C)C1(C)C.CCCCCC(CCCCC)CCOC(=O)CCCCCCCC(CCCCCCCC(=O)O)OC(=O)CCCN(C)C. The summed E-state index contributed by atoms with van der Waals surface area (Å²) in [4.78, 5) is 37.4. The van der Waals surface area contributed by atoms with Crippen molar-refractivity contribution in [3.63, 3.8) is 0 Å². The molecule has 0 bridgehead atoms. The van der Waals surface area contributed by atoms with Gasteiger partial charge in [0.05, 0.1) is 6.61 Å². The van der Waals surface area contributed by atoms with Gasteiger partial charge in [0, 0.05) is 19.3 Å². The molecule has 0 aromatic carbocycles. The van der Waals surface area contributed by atoms with Crippen LogP contribution in [0.4, 0.5) is 0 Å². The Kier molecular flexibility index (Phi) is 35.8.